The Morgan fingerprint density at radius 2 is 1.08 bits per heavy atom. The maximum absolute atomic E-state index is 2.48. The minimum Gasteiger partial charge on any atom is -0.310 e. The summed E-state index contributed by atoms with van der Waals surface area (Å²) in [5.41, 5.74) is 13.8. The van der Waals surface area contributed by atoms with E-state index < -0.39 is 0 Å². The number of hydrogen-bond donors (Lipinski definition) is 0. The molecule has 0 fully saturated rings. The monoisotopic (exact) mass is 668 g/mol. The van der Waals surface area contributed by atoms with E-state index >= 15 is 0 Å². The fraction of sp³-hybridized carbons (Fsp3) is 0.0417. The Labute approximate surface area is 299 Å². The van der Waals surface area contributed by atoms with Gasteiger partial charge in [0.25, 0.3) is 0 Å². The molecule has 0 unspecified atom stereocenters. The maximum Gasteiger partial charge on any atom is 0.0541 e. The molecule has 3 aromatic heterocycles. The highest BCUT2D eigenvalue weighted by Gasteiger charge is 2.21. The number of hydrogen-bond acceptors (Lipinski definition) is 1. The van der Waals surface area contributed by atoms with Crippen LogP contribution in [0.3, 0.4) is 0 Å². The maximum atomic E-state index is 2.48. The molecule has 0 spiro atoms. The Bertz CT molecular complexity index is 3020. The first-order chi connectivity index (χ1) is 25.3. The van der Waals surface area contributed by atoms with Gasteiger partial charge in [-0.25, -0.2) is 0 Å². The Kier molecular flexibility index (Phi) is 6.28. The zero-order valence-corrected chi connectivity index (χ0v) is 28.7. The van der Waals surface area contributed by atoms with Gasteiger partial charge in [0.15, 0.2) is 0 Å². The van der Waals surface area contributed by atoms with Crippen LogP contribution in [0.25, 0.3) is 92.6 Å². The number of thiophene rings is 1. The first-order valence-electron chi connectivity index (χ1n) is 17.7. The molecule has 240 valence electrons. The number of allylic oxidation sites excluding steroid dienone is 1. The van der Waals surface area contributed by atoms with Gasteiger partial charge in [0.1, 0.15) is 0 Å². The van der Waals surface area contributed by atoms with Crippen LogP contribution in [0, 0.1) is 0 Å². The minimum absolute atomic E-state index is 1.05. The third-order valence-corrected chi connectivity index (χ3v) is 11.9. The van der Waals surface area contributed by atoms with E-state index in [4.69, 9.17) is 0 Å². The summed E-state index contributed by atoms with van der Waals surface area (Å²) in [7, 11) is 0. The highest BCUT2D eigenvalue weighted by molar-refractivity contribution is 7.25. The van der Waals surface area contributed by atoms with Crippen molar-refractivity contribution < 1.29 is 0 Å². The van der Waals surface area contributed by atoms with Crippen molar-refractivity contribution in [3.63, 3.8) is 0 Å². The zero-order valence-electron chi connectivity index (χ0n) is 27.9. The van der Waals surface area contributed by atoms with Gasteiger partial charge in [0.05, 0.1) is 16.6 Å². The smallest absolute Gasteiger partial charge is 0.0541 e. The molecule has 11 rings (SSSR count). The van der Waals surface area contributed by atoms with Crippen LogP contribution in [-0.4, -0.2) is 9.13 Å². The molecule has 0 amide bonds. The molecule has 0 aliphatic heterocycles. The van der Waals surface area contributed by atoms with Crippen molar-refractivity contribution in [2.75, 3.05) is 0 Å². The molecule has 51 heavy (non-hydrogen) atoms. The predicted octanol–water partition coefficient (Wildman–Crippen LogP) is 13.4. The lowest BCUT2D eigenvalue weighted by atomic mass is 9.97. The topological polar surface area (TPSA) is 9.86 Å². The molecule has 0 radical (unpaired) electrons. The van der Waals surface area contributed by atoms with Gasteiger partial charge in [-0.15, -0.1) is 11.3 Å². The van der Waals surface area contributed by atoms with Gasteiger partial charge in [-0.3, -0.25) is 0 Å². The van der Waals surface area contributed by atoms with E-state index in [0.717, 1.165) is 12.8 Å². The van der Waals surface area contributed by atoms with Crippen molar-refractivity contribution in [3.05, 3.63) is 175 Å². The molecule has 3 heterocycles. The number of fused-ring (bicyclic) bond motifs is 9. The highest BCUT2D eigenvalue weighted by atomic mass is 32.1. The molecule has 0 bridgehead atoms. The van der Waals surface area contributed by atoms with Crippen molar-refractivity contribution in [1.82, 2.24) is 9.13 Å². The normalized spacial score (nSPS) is 12.9. The summed E-state index contributed by atoms with van der Waals surface area (Å²) in [5.74, 6) is 0. The number of nitrogens with zero attached hydrogens (tertiary/aromatic N) is 2. The Morgan fingerprint density at radius 1 is 0.412 bits per heavy atom. The van der Waals surface area contributed by atoms with Gasteiger partial charge in [0, 0.05) is 53.4 Å². The lowest BCUT2D eigenvalue weighted by Gasteiger charge is -2.12. The molecule has 1 aliphatic carbocycles. The summed E-state index contributed by atoms with van der Waals surface area (Å²) in [6.45, 7) is 0. The first-order valence-corrected chi connectivity index (χ1v) is 18.6. The molecule has 0 atom stereocenters. The third kappa shape index (κ3) is 4.42. The minimum atomic E-state index is 1.05. The standard InChI is InChI=1S/C48H32N2S/c1-2-11-31(12-3-1)32-13-10-14-35(27-32)49-43-18-7-4-15-37(43)41-28-33(21-25-45(41)49)34-22-26-46-42(29-34)38-16-5-8-19-44(38)50(46)36-23-24-40-39-17-6-9-20-47(39)51-48(40)30-36/h1-4,6-15,17-30H,5,16H2. The number of benzene rings is 7. The Hall–Kier alpha value is -6.16. The van der Waals surface area contributed by atoms with Crippen LogP contribution in [0.5, 0.6) is 0 Å². The van der Waals surface area contributed by atoms with Crippen molar-refractivity contribution in [1.29, 1.82) is 0 Å². The van der Waals surface area contributed by atoms with E-state index in [2.05, 4.69) is 179 Å². The average molecular weight is 669 g/mol. The first kappa shape index (κ1) is 28.7. The van der Waals surface area contributed by atoms with E-state index in [1.54, 1.807) is 0 Å². The summed E-state index contributed by atoms with van der Waals surface area (Å²) in [6.07, 6.45) is 6.79. The largest absolute Gasteiger partial charge is 0.310 e. The van der Waals surface area contributed by atoms with Crippen LogP contribution in [0.1, 0.15) is 17.7 Å². The van der Waals surface area contributed by atoms with Crippen LogP contribution in [0.4, 0.5) is 0 Å². The number of para-hydroxylation sites is 1. The average Bonchev–Trinajstić information content (AvgIpc) is 3.85. The Morgan fingerprint density at radius 3 is 1.96 bits per heavy atom. The molecular weight excluding hydrogens is 637 g/mol. The van der Waals surface area contributed by atoms with Gasteiger partial charge in [0.2, 0.25) is 0 Å². The van der Waals surface area contributed by atoms with Crippen molar-refractivity contribution >= 4 is 70.3 Å². The zero-order chi connectivity index (χ0) is 33.5. The van der Waals surface area contributed by atoms with Gasteiger partial charge in [-0.1, -0.05) is 103 Å². The summed E-state index contributed by atoms with van der Waals surface area (Å²) >= 11 is 1.88. The van der Waals surface area contributed by atoms with Crippen molar-refractivity contribution in [2.45, 2.75) is 12.8 Å². The molecule has 10 aromatic rings. The fourth-order valence-electron chi connectivity index (χ4n) is 8.43. The Balaban J connectivity index is 1.06. The quantitative estimate of drug-likeness (QED) is 0.177. The molecule has 7 aromatic carbocycles. The summed E-state index contributed by atoms with van der Waals surface area (Å²) < 4.78 is 7.57. The summed E-state index contributed by atoms with van der Waals surface area (Å²) in [5, 5.41) is 6.57. The van der Waals surface area contributed by atoms with E-state index in [1.807, 2.05) is 11.3 Å². The fourth-order valence-corrected chi connectivity index (χ4v) is 9.57. The molecule has 0 saturated carbocycles. The summed E-state index contributed by atoms with van der Waals surface area (Å²) in [4.78, 5) is 0. The molecular formula is C48H32N2S. The second-order valence-corrected chi connectivity index (χ2v) is 14.7. The summed E-state index contributed by atoms with van der Waals surface area (Å²) in [6, 6.07) is 58.2. The lowest BCUT2D eigenvalue weighted by Crippen LogP contribution is -1.99. The highest BCUT2D eigenvalue weighted by Crippen LogP contribution is 2.41. The van der Waals surface area contributed by atoms with E-state index in [1.165, 1.54) is 97.8 Å². The van der Waals surface area contributed by atoms with Crippen LogP contribution >= 0.6 is 11.3 Å². The second kappa shape index (κ2) is 11.2. The third-order valence-electron chi connectivity index (χ3n) is 10.8. The van der Waals surface area contributed by atoms with Gasteiger partial charge >= 0.3 is 0 Å². The number of aryl methyl sites for hydroxylation is 1. The second-order valence-electron chi connectivity index (χ2n) is 13.7. The van der Waals surface area contributed by atoms with Crippen LogP contribution < -0.4 is 0 Å². The predicted molar refractivity (Wildman–Crippen MR) is 219 cm³/mol. The lowest BCUT2D eigenvalue weighted by molar-refractivity contribution is 0.968. The molecule has 0 saturated heterocycles. The van der Waals surface area contributed by atoms with E-state index in [-0.39, 0.29) is 0 Å². The molecule has 0 N–H and O–H groups in total. The number of rotatable bonds is 4. The molecule has 1 aliphatic rings. The molecule has 2 nitrogen and oxygen atoms in total. The SMILES string of the molecule is C1=Cc2c(c3cc(-c4ccc5c(c4)c4ccccc4n5-c4cccc(-c5ccccc5)c4)ccc3n2-c2ccc3c(c2)sc2ccccc23)CC1. The van der Waals surface area contributed by atoms with E-state index in [9.17, 15) is 0 Å². The van der Waals surface area contributed by atoms with Gasteiger partial charge in [-0.2, -0.15) is 0 Å². The van der Waals surface area contributed by atoms with E-state index in [0.29, 0.717) is 0 Å². The number of aromatic nitrogens is 2. The van der Waals surface area contributed by atoms with Crippen LogP contribution in [-0.2, 0) is 6.42 Å². The van der Waals surface area contributed by atoms with Crippen molar-refractivity contribution in [3.8, 4) is 33.6 Å². The molecule has 3 heteroatoms. The van der Waals surface area contributed by atoms with Crippen molar-refractivity contribution in [2.24, 2.45) is 0 Å². The van der Waals surface area contributed by atoms with Crippen LogP contribution in [0.15, 0.2) is 164 Å². The van der Waals surface area contributed by atoms with Crippen LogP contribution in [0.2, 0.25) is 0 Å². The van der Waals surface area contributed by atoms with Gasteiger partial charge in [-0.05, 0) is 107 Å². The van der Waals surface area contributed by atoms with Gasteiger partial charge < -0.3 is 9.13 Å².